The highest BCUT2D eigenvalue weighted by molar-refractivity contribution is 5.84. The van der Waals surface area contributed by atoms with E-state index in [2.05, 4.69) is 48.5 Å². The molecule has 1 aromatic carbocycles. The highest BCUT2D eigenvalue weighted by Crippen LogP contribution is 2.36. The molecule has 2 nitrogen and oxygen atoms in total. The van der Waals surface area contributed by atoms with Crippen molar-refractivity contribution in [1.29, 1.82) is 0 Å². The molecule has 0 saturated carbocycles. The molecule has 0 aliphatic carbocycles. The van der Waals surface area contributed by atoms with Crippen LogP contribution in [0, 0.1) is 12.8 Å². The molecule has 1 aliphatic heterocycles. The Morgan fingerprint density at radius 3 is 3.06 bits per heavy atom. The second kappa shape index (κ2) is 4.77. The van der Waals surface area contributed by atoms with Gasteiger partial charge in [-0.25, -0.2) is 0 Å². The lowest BCUT2D eigenvalue weighted by Gasteiger charge is -2.31. The molecule has 1 aromatic heterocycles. The zero-order valence-corrected chi connectivity index (χ0v) is 11.3. The van der Waals surface area contributed by atoms with Gasteiger partial charge in [0.25, 0.3) is 0 Å². The fourth-order valence-corrected chi connectivity index (χ4v) is 3.33. The maximum Gasteiger partial charge on any atom is 0.0459 e. The number of fused-ring (bicyclic) bond motifs is 1. The Balaban J connectivity index is 2.02. The van der Waals surface area contributed by atoms with Crippen molar-refractivity contribution in [2.24, 2.45) is 5.92 Å². The van der Waals surface area contributed by atoms with Crippen LogP contribution in [-0.2, 0) is 0 Å². The molecule has 3 rings (SSSR count). The number of nitrogens with one attached hydrogen (secondary N) is 2. The minimum atomic E-state index is 0.715. The Kier molecular flexibility index (Phi) is 3.13. The number of piperidine rings is 1. The molecule has 2 atom stereocenters. The molecular weight excluding hydrogens is 220 g/mol. The monoisotopic (exact) mass is 242 g/mol. The molecule has 2 unspecified atom stereocenters. The lowest BCUT2D eigenvalue weighted by Crippen LogP contribution is -2.34. The third kappa shape index (κ3) is 1.95. The number of benzene rings is 1. The number of aromatic amines is 1. The average Bonchev–Trinajstić information content (AvgIpc) is 2.81. The summed E-state index contributed by atoms with van der Waals surface area (Å²) in [5.74, 6) is 1.49. The molecule has 18 heavy (non-hydrogen) atoms. The SMILES string of the molecule is CCC1CNCCC1c1c[nH]c2cc(C)ccc12. The third-order valence-electron chi connectivity index (χ3n) is 4.40. The van der Waals surface area contributed by atoms with E-state index in [1.165, 1.54) is 41.4 Å². The summed E-state index contributed by atoms with van der Waals surface area (Å²) in [7, 11) is 0. The number of H-pyrrole nitrogens is 1. The predicted octanol–water partition coefficient (Wildman–Crippen LogP) is 3.58. The van der Waals surface area contributed by atoms with Gasteiger partial charge in [-0.3, -0.25) is 0 Å². The molecule has 0 amide bonds. The van der Waals surface area contributed by atoms with Crippen LogP contribution in [0.3, 0.4) is 0 Å². The third-order valence-corrected chi connectivity index (χ3v) is 4.40. The molecule has 2 heteroatoms. The largest absolute Gasteiger partial charge is 0.361 e. The molecule has 2 heterocycles. The van der Waals surface area contributed by atoms with Crippen molar-refractivity contribution in [3.05, 3.63) is 35.5 Å². The Bertz CT molecular complexity index is 541. The van der Waals surface area contributed by atoms with E-state index in [9.17, 15) is 0 Å². The van der Waals surface area contributed by atoms with E-state index in [0.717, 1.165) is 12.5 Å². The van der Waals surface area contributed by atoms with Gasteiger partial charge in [0, 0.05) is 17.1 Å². The molecule has 0 spiro atoms. The minimum absolute atomic E-state index is 0.715. The van der Waals surface area contributed by atoms with Crippen LogP contribution in [-0.4, -0.2) is 18.1 Å². The second-order valence-corrected chi connectivity index (χ2v) is 5.56. The van der Waals surface area contributed by atoms with Crippen LogP contribution >= 0.6 is 0 Å². The Morgan fingerprint density at radius 1 is 1.33 bits per heavy atom. The Labute approximate surface area is 109 Å². The van der Waals surface area contributed by atoms with E-state index in [-0.39, 0.29) is 0 Å². The Morgan fingerprint density at radius 2 is 2.22 bits per heavy atom. The van der Waals surface area contributed by atoms with E-state index >= 15 is 0 Å². The fraction of sp³-hybridized carbons (Fsp3) is 0.500. The van der Waals surface area contributed by atoms with Crippen LogP contribution in [0.15, 0.2) is 24.4 Å². The predicted molar refractivity (Wildman–Crippen MR) is 77.0 cm³/mol. The summed E-state index contributed by atoms with van der Waals surface area (Å²) < 4.78 is 0. The number of hydrogen-bond acceptors (Lipinski definition) is 1. The molecule has 0 radical (unpaired) electrons. The zero-order chi connectivity index (χ0) is 12.5. The van der Waals surface area contributed by atoms with E-state index in [0.29, 0.717) is 5.92 Å². The van der Waals surface area contributed by atoms with Crippen LogP contribution in [0.2, 0.25) is 0 Å². The molecule has 96 valence electrons. The maximum atomic E-state index is 3.52. The van der Waals surface area contributed by atoms with Crippen molar-refractivity contribution in [2.75, 3.05) is 13.1 Å². The highest BCUT2D eigenvalue weighted by atomic mass is 14.9. The van der Waals surface area contributed by atoms with E-state index in [1.54, 1.807) is 0 Å². The van der Waals surface area contributed by atoms with Gasteiger partial charge in [0.15, 0.2) is 0 Å². The van der Waals surface area contributed by atoms with Crippen LogP contribution in [0.5, 0.6) is 0 Å². The molecule has 1 fully saturated rings. The number of aromatic nitrogens is 1. The van der Waals surface area contributed by atoms with Gasteiger partial charge in [-0.2, -0.15) is 0 Å². The van der Waals surface area contributed by atoms with Gasteiger partial charge in [0.05, 0.1) is 0 Å². The first-order chi connectivity index (χ1) is 8.79. The normalized spacial score (nSPS) is 24.6. The van der Waals surface area contributed by atoms with Crippen molar-refractivity contribution in [2.45, 2.75) is 32.6 Å². The fourth-order valence-electron chi connectivity index (χ4n) is 3.33. The van der Waals surface area contributed by atoms with Crippen molar-refractivity contribution in [3.8, 4) is 0 Å². The van der Waals surface area contributed by atoms with Gasteiger partial charge in [-0.05, 0) is 55.5 Å². The first-order valence-electron chi connectivity index (χ1n) is 7.08. The second-order valence-electron chi connectivity index (χ2n) is 5.56. The van der Waals surface area contributed by atoms with Crippen LogP contribution in [0.25, 0.3) is 10.9 Å². The summed E-state index contributed by atoms with van der Waals surface area (Å²) in [5.41, 5.74) is 4.14. The van der Waals surface area contributed by atoms with Crippen LogP contribution in [0.4, 0.5) is 0 Å². The van der Waals surface area contributed by atoms with Crippen molar-refractivity contribution in [3.63, 3.8) is 0 Å². The van der Waals surface area contributed by atoms with Crippen molar-refractivity contribution in [1.82, 2.24) is 10.3 Å². The van der Waals surface area contributed by atoms with Gasteiger partial charge in [-0.1, -0.05) is 25.5 Å². The zero-order valence-electron chi connectivity index (χ0n) is 11.3. The van der Waals surface area contributed by atoms with E-state index < -0.39 is 0 Å². The van der Waals surface area contributed by atoms with Gasteiger partial charge >= 0.3 is 0 Å². The quantitative estimate of drug-likeness (QED) is 0.827. The first kappa shape index (κ1) is 11.8. The maximum absolute atomic E-state index is 3.52. The number of rotatable bonds is 2. The summed E-state index contributed by atoms with van der Waals surface area (Å²) in [6.45, 7) is 6.78. The average molecular weight is 242 g/mol. The molecule has 1 saturated heterocycles. The lowest BCUT2D eigenvalue weighted by atomic mass is 9.80. The van der Waals surface area contributed by atoms with Gasteiger partial charge < -0.3 is 10.3 Å². The summed E-state index contributed by atoms with van der Waals surface area (Å²) in [6, 6.07) is 6.76. The van der Waals surface area contributed by atoms with Crippen LogP contribution < -0.4 is 5.32 Å². The Hall–Kier alpha value is -1.28. The van der Waals surface area contributed by atoms with E-state index in [4.69, 9.17) is 0 Å². The number of hydrogen-bond donors (Lipinski definition) is 2. The molecule has 2 N–H and O–H groups in total. The summed E-state index contributed by atoms with van der Waals surface area (Å²) in [5, 5.41) is 4.95. The van der Waals surface area contributed by atoms with E-state index in [1.807, 2.05) is 0 Å². The van der Waals surface area contributed by atoms with Gasteiger partial charge in [-0.15, -0.1) is 0 Å². The van der Waals surface area contributed by atoms with Gasteiger partial charge in [0.2, 0.25) is 0 Å². The highest BCUT2D eigenvalue weighted by Gasteiger charge is 2.26. The molecule has 1 aliphatic rings. The van der Waals surface area contributed by atoms with Crippen molar-refractivity contribution < 1.29 is 0 Å². The van der Waals surface area contributed by atoms with Crippen LogP contribution in [0.1, 0.15) is 36.8 Å². The number of aryl methyl sites for hydroxylation is 1. The summed E-state index contributed by atoms with van der Waals surface area (Å²) >= 11 is 0. The molecule has 2 aromatic rings. The molecular formula is C16H22N2. The first-order valence-corrected chi connectivity index (χ1v) is 7.08. The van der Waals surface area contributed by atoms with Gasteiger partial charge in [0.1, 0.15) is 0 Å². The summed E-state index contributed by atoms with van der Waals surface area (Å²) in [6.07, 6.45) is 4.76. The molecule has 0 bridgehead atoms. The minimum Gasteiger partial charge on any atom is -0.361 e. The topological polar surface area (TPSA) is 27.8 Å². The summed E-state index contributed by atoms with van der Waals surface area (Å²) in [4.78, 5) is 3.45. The van der Waals surface area contributed by atoms with Crippen molar-refractivity contribution >= 4 is 10.9 Å². The smallest absolute Gasteiger partial charge is 0.0459 e. The lowest BCUT2D eigenvalue weighted by molar-refractivity contribution is 0.319. The standard InChI is InChI=1S/C16H22N2/c1-3-12-9-17-7-6-13(12)15-10-18-16-8-11(2)4-5-14(15)16/h4-5,8,10,12-13,17-18H,3,6-7,9H2,1-2H3.